The van der Waals surface area contributed by atoms with E-state index in [1.807, 2.05) is 25.6 Å². The van der Waals surface area contributed by atoms with Crippen LogP contribution in [0.2, 0.25) is 0 Å². The highest BCUT2D eigenvalue weighted by atomic mass is 16.6. The average Bonchev–Trinajstić information content (AvgIpc) is 2.69. The second-order valence-corrected chi connectivity index (χ2v) is 4.77. The maximum Gasteiger partial charge on any atom is 0.311 e. The van der Waals surface area contributed by atoms with Gasteiger partial charge in [0.2, 0.25) is 0 Å². The molecule has 2 aromatic rings. The first-order valence-corrected chi connectivity index (χ1v) is 6.49. The van der Waals surface area contributed by atoms with E-state index in [2.05, 4.69) is 10.4 Å². The lowest BCUT2D eigenvalue weighted by Crippen LogP contribution is -2.03. The molecular formula is C14H18N4O3. The Morgan fingerprint density at radius 3 is 2.67 bits per heavy atom. The molecule has 112 valence electrons. The number of nitrogens with one attached hydrogen (secondary N) is 1. The number of aromatic nitrogens is 2. The number of methoxy groups -OCH3 is 1. The van der Waals surface area contributed by atoms with Crippen molar-refractivity contribution in [2.75, 3.05) is 12.4 Å². The molecule has 21 heavy (non-hydrogen) atoms. The van der Waals surface area contributed by atoms with E-state index in [4.69, 9.17) is 4.74 Å². The monoisotopic (exact) mass is 290 g/mol. The van der Waals surface area contributed by atoms with Crippen molar-refractivity contribution in [2.45, 2.75) is 20.4 Å². The van der Waals surface area contributed by atoms with Gasteiger partial charge in [-0.25, -0.2) is 0 Å². The zero-order valence-electron chi connectivity index (χ0n) is 12.5. The Morgan fingerprint density at radius 2 is 2.14 bits per heavy atom. The summed E-state index contributed by atoms with van der Waals surface area (Å²) >= 11 is 0. The molecule has 0 aliphatic rings. The van der Waals surface area contributed by atoms with Gasteiger partial charge in [0.15, 0.2) is 5.75 Å². The van der Waals surface area contributed by atoms with Gasteiger partial charge in [0.1, 0.15) is 0 Å². The molecule has 7 nitrogen and oxygen atoms in total. The lowest BCUT2D eigenvalue weighted by Gasteiger charge is -2.09. The molecule has 0 atom stereocenters. The Hall–Kier alpha value is -2.57. The molecule has 1 N–H and O–H groups in total. The van der Waals surface area contributed by atoms with Crippen LogP contribution in [0.15, 0.2) is 18.2 Å². The van der Waals surface area contributed by atoms with Crippen molar-refractivity contribution in [1.29, 1.82) is 0 Å². The summed E-state index contributed by atoms with van der Waals surface area (Å²) in [6.45, 7) is 4.57. The SMILES string of the molecule is COc1cc(NCc2c(C)nn(C)c2C)ccc1[N+](=O)[O-]. The largest absolute Gasteiger partial charge is 0.490 e. The summed E-state index contributed by atoms with van der Waals surface area (Å²) in [5, 5.41) is 18.5. The lowest BCUT2D eigenvalue weighted by molar-refractivity contribution is -0.385. The number of hydrogen-bond donors (Lipinski definition) is 1. The number of anilines is 1. The van der Waals surface area contributed by atoms with Crippen molar-refractivity contribution >= 4 is 11.4 Å². The third kappa shape index (κ3) is 2.96. The van der Waals surface area contributed by atoms with Crippen molar-refractivity contribution in [1.82, 2.24) is 9.78 Å². The molecule has 1 heterocycles. The van der Waals surface area contributed by atoms with Gasteiger partial charge >= 0.3 is 5.69 Å². The Labute approximate surface area is 122 Å². The Morgan fingerprint density at radius 1 is 1.43 bits per heavy atom. The molecule has 1 aromatic heterocycles. The number of aryl methyl sites for hydroxylation is 2. The first-order chi connectivity index (χ1) is 9.93. The first-order valence-electron chi connectivity index (χ1n) is 6.49. The summed E-state index contributed by atoms with van der Waals surface area (Å²) in [6, 6.07) is 4.73. The molecule has 0 saturated carbocycles. The molecule has 0 radical (unpaired) electrons. The van der Waals surface area contributed by atoms with E-state index in [1.165, 1.54) is 13.2 Å². The molecule has 0 bridgehead atoms. The van der Waals surface area contributed by atoms with Crippen LogP contribution in [0.25, 0.3) is 0 Å². The minimum absolute atomic E-state index is 0.0446. The number of rotatable bonds is 5. The third-order valence-electron chi connectivity index (χ3n) is 3.50. The highest BCUT2D eigenvalue weighted by Crippen LogP contribution is 2.30. The predicted molar refractivity (Wildman–Crippen MR) is 79.7 cm³/mol. The van der Waals surface area contributed by atoms with Crippen LogP contribution in [0.1, 0.15) is 17.0 Å². The van der Waals surface area contributed by atoms with E-state index in [9.17, 15) is 10.1 Å². The van der Waals surface area contributed by atoms with Crippen LogP contribution in [-0.4, -0.2) is 21.8 Å². The van der Waals surface area contributed by atoms with E-state index in [1.54, 1.807) is 12.1 Å². The number of nitrogens with zero attached hydrogens (tertiary/aromatic N) is 3. The predicted octanol–water partition coefficient (Wildman–Crippen LogP) is 2.57. The zero-order chi connectivity index (χ0) is 15.6. The number of nitro benzene ring substituents is 1. The molecule has 0 saturated heterocycles. The van der Waals surface area contributed by atoms with Crippen LogP contribution in [0.4, 0.5) is 11.4 Å². The van der Waals surface area contributed by atoms with Gasteiger partial charge in [0.25, 0.3) is 0 Å². The molecule has 0 aliphatic heterocycles. The minimum Gasteiger partial charge on any atom is -0.490 e. The maximum atomic E-state index is 10.9. The van der Waals surface area contributed by atoms with Gasteiger partial charge in [-0.3, -0.25) is 14.8 Å². The van der Waals surface area contributed by atoms with Gasteiger partial charge in [-0.15, -0.1) is 0 Å². The fourth-order valence-electron chi connectivity index (χ4n) is 2.20. The highest BCUT2D eigenvalue weighted by Gasteiger charge is 2.15. The van der Waals surface area contributed by atoms with Crippen molar-refractivity contribution in [3.8, 4) is 5.75 Å². The van der Waals surface area contributed by atoms with E-state index in [0.29, 0.717) is 6.54 Å². The smallest absolute Gasteiger partial charge is 0.311 e. The van der Waals surface area contributed by atoms with Crippen LogP contribution in [0.3, 0.4) is 0 Å². The summed E-state index contributed by atoms with van der Waals surface area (Å²) < 4.78 is 6.89. The van der Waals surface area contributed by atoms with Crippen molar-refractivity contribution in [3.05, 3.63) is 45.3 Å². The standard InChI is InChI=1S/C14H18N4O3/c1-9-12(10(2)17(3)16-9)8-15-11-5-6-13(18(19)20)14(7-11)21-4/h5-7,15H,8H2,1-4H3. The summed E-state index contributed by atoms with van der Waals surface area (Å²) in [5.41, 5.74) is 3.90. The van der Waals surface area contributed by atoms with Gasteiger partial charge in [-0.2, -0.15) is 5.10 Å². The topological polar surface area (TPSA) is 82.2 Å². The fraction of sp³-hybridized carbons (Fsp3) is 0.357. The van der Waals surface area contributed by atoms with Crippen molar-refractivity contribution in [3.63, 3.8) is 0 Å². The summed E-state index contributed by atoms with van der Waals surface area (Å²) in [5.74, 6) is 0.240. The zero-order valence-corrected chi connectivity index (χ0v) is 12.5. The second kappa shape index (κ2) is 5.82. The number of ether oxygens (including phenoxy) is 1. The molecular weight excluding hydrogens is 272 g/mol. The number of benzene rings is 1. The Kier molecular flexibility index (Phi) is 4.11. The van der Waals surface area contributed by atoms with Crippen molar-refractivity contribution < 1.29 is 9.66 Å². The summed E-state index contributed by atoms with van der Waals surface area (Å²) in [7, 11) is 3.32. The quantitative estimate of drug-likeness (QED) is 0.676. The van der Waals surface area contributed by atoms with Crippen molar-refractivity contribution in [2.24, 2.45) is 7.05 Å². The first kappa shape index (κ1) is 14.8. The van der Waals surface area contributed by atoms with E-state index >= 15 is 0 Å². The molecule has 0 spiro atoms. The average molecular weight is 290 g/mol. The normalized spacial score (nSPS) is 10.5. The van der Waals surface area contributed by atoms with Gasteiger partial charge in [0.05, 0.1) is 17.7 Å². The van der Waals surface area contributed by atoms with Crippen LogP contribution in [-0.2, 0) is 13.6 Å². The molecule has 1 aromatic carbocycles. The summed E-state index contributed by atoms with van der Waals surface area (Å²) in [6.07, 6.45) is 0. The maximum absolute atomic E-state index is 10.9. The number of nitro groups is 1. The molecule has 0 unspecified atom stereocenters. The van der Waals surface area contributed by atoms with Crippen LogP contribution in [0.5, 0.6) is 5.75 Å². The van der Waals surface area contributed by atoms with E-state index < -0.39 is 4.92 Å². The van der Waals surface area contributed by atoms with Gasteiger partial charge in [-0.05, 0) is 19.9 Å². The Bertz CT molecular complexity index is 679. The minimum atomic E-state index is -0.460. The molecule has 2 rings (SSSR count). The molecule has 0 amide bonds. The van der Waals surface area contributed by atoms with Crippen LogP contribution >= 0.6 is 0 Å². The lowest BCUT2D eigenvalue weighted by atomic mass is 10.2. The van der Waals surface area contributed by atoms with E-state index in [-0.39, 0.29) is 11.4 Å². The molecule has 0 aliphatic carbocycles. The highest BCUT2D eigenvalue weighted by molar-refractivity contribution is 5.58. The van der Waals surface area contributed by atoms with Gasteiger partial charge in [-0.1, -0.05) is 0 Å². The van der Waals surface area contributed by atoms with Crippen LogP contribution < -0.4 is 10.1 Å². The number of hydrogen-bond acceptors (Lipinski definition) is 5. The molecule has 7 heteroatoms. The molecule has 0 fully saturated rings. The van der Waals surface area contributed by atoms with E-state index in [0.717, 1.165) is 22.6 Å². The van der Waals surface area contributed by atoms with Gasteiger partial charge in [0, 0.05) is 42.7 Å². The second-order valence-electron chi connectivity index (χ2n) is 4.77. The van der Waals surface area contributed by atoms with Crippen LogP contribution in [0, 0.1) is 24.0 Å². The summed E-state index contributed by atoms with van der Waals surface area (Å²) in [4.78, 5) is 10.4. The Balaban J connectivity index is 2.19. The fourth-order valence-corrected chi connectivity index (χ4v) is 2.20. The third-order valence-corrected chi connectivity index (χ3v) is 3.50. The van der Waals surface area contributed by atoms with Gasteiger partial charge < -0.3 is 10.1 Å².